The number of likely N-dealkylation sites (tertiary alicyclic amines) is 1. The highest BCUT2D eigenvalue weighted by Gasteiger charge is 2.41. The maximum absolute atomic E-state index is 12.9. The zero-order valence-electron chi connectivity index (χ0n) is 12.8. The fourth-order valence-corrected chi connectivity index (χ4v) is 4.20. The Hall–Kier alpha value is -2.48. The predicted molar refractivity (Wildman–Crippen MR) is 85.0 cm³/mol. The van der Waals surface area contributed by atoms with E-state index in [1.54, 1.807) is 6.07 Å². The van der Waals surface area contributed by atoms with E-state index in [4.69, 9.17) is 0 Å². The topological polar surface area (TPSA) is 76.5 Å². The number of halogens is 1. The van der Waals surface area contributed by atoms with Crippen LogP contribution in [-0.2, 0) is 16.9 Å². The van der Waals surface area contributed by atoms with Crippen molar-refractivity contribution in [3.05, 3.63) is 64.3 Å². The number of hydrogen-bond acceptors (Lipinski definition) is 4. The Balaban J connectivity index is 1.75. The number of carbonyl (C=O) groups excluding carboxylic acids is 1. The molecule has 8 heteroatoms. The molecule has 1 amide bonds. The van der Waals surface area contributed by atoms with Crippen LogP contribution in [-0.4, -0.2) is 42.1 Å². The first kappa shape index (κ1) is 16.4. The molecule has 0 radical (unpaired) electrons. The number of amides is 1. The Bertz CT molecular complexity index is 945. The number of pyridine rings is 1. The fourth-order valence-electron chi connectivity index (χ4n) is 2.55. The molecule has 1 aromatic carbocycles. The van der Waals surface area contributed by atoms with E-state index in [0.717, 1.165) is 12.1 Å². The zero-order chi connectivity index (χ0) is 17.5. The number of aryl methyl sites for hydroxylation is 1. The molecule has 2 heterocycles. The van der Waals surface area contributed by atoms with Crippen molar-refractivity contribution in [1.82, 2.24) is 9.47 Å². The van der Waals surface area contributed by atoms with Crippen LogP contribution in [0.4, 0.5) is 4.39 Å². The number of aromatic nitrogens is 1. The summed E-state index contributed by atoms with van der Waals surface area (Å²) < 4.78 is 39.1. The van der Waals surface area contributed by atoms with Gasteiger partial charge in [-0.3, -0.25) is 9.59 Å². The number of hydrogen-bond donors (Lipinski definition) is 0. The second kappa shape index (κ2) is 5.86. The number of benzene rings is 1. The smallest absolute Gasteiger partial charge is 0.263 e. The van der Waals surface area contributed by atoms with Crippen molar-refractivity contribution in [2.24, 2.45) is 7.05 Å². The molecule has 3 rings (SSSR count). The molecule has 6 nitrogen and oxygen atoms in total. The number of rotatable bonds is 3. The molecule has 0 atom stereocenters. The molecule has 0 saturated carbocycles. The summed E-state index contributed by atoms with van der Waals surface area (Å²) in [4.78, 5) is 25.6. The summed E-state index contributed by atoms with van der Waals surface area (Å²) in [6, 6.07) is 7.60. The molecule has 1 aromatic heterocycles. The van der Waals surface area contributed by atoms with E-state index >= 15 is 0 Å². The third-order valence-corrected chi connectivity index (χ3v) is 6.18. The quantitative estimate of drug-likeness (QED) is 0.768. The standard InChI is InChI=1S/C16H15FN2O4S/c1-18-8-2-3-14(15(18)20)16(21)19-9-13(10-19)24(22,23)12-6-4-11(17)5-7-12/h2-8,13H,9-10H2,1H3. The van der Waals surface area contributed by atoms with Gasteiger partial charge >= 0.3 is 0 Å². The number of sulfone groups is 1. The summed E-state index contributed by atoms with van der Waals surface area (Å²) in [7, 11) is -2.09. The first-order valence-electron chi connectivity index (χ1n) is 7.25. The minimum atomic E-state index is -3.63. The lowest BCUT2D eigenvalue weighted by molar-refractivity contribution is 0.0656. The molecule has 1 aliphatic heterocycles. The third kappa shape index (κ3) is 2.73. The first-order chi connectivity index (χ1) is 11.3. The monoisotopic (exact) mass is 350 g/mol. The van der Waals surface area contributed by atoms with Gasteiger partial charge in [0.15, 0.2) is 9.84 Å². The predicted octanol–water partition coefficient (Wildman–Crippen LogP) is 0.823. The molecule has 0 spiro atoms. The maximum atomic E-state index is 12.9. The average Bonchev–Trinajstić information content (AvgIpc) is 2.48. The van der Waals surface area contributed by atoms with E-state index in [2.05, 4.69) is 0 Å². The van der Waals surface area contributed by atoms with Crippen LogP contribution in [0.3, 0.4) is 0 Å². The third-order valence-electron chi connectivity index (χ3n) is 4.07. The van der Waals surface area contributed by atoms with E-state index in [-0.39, 0.29) is 23.5 Å². The van der Waals surface area contributed by atoms with E-state index in [0.29, 0.717) is 0 Å². The van der Waals surface area contributed by atoms with Crippen molar-refractivity contribution in [3.8, 4) is 0 Å². The molecule has 2 aromatic rings. The van der Waals surface area contributed by atoms with E-state index in [1.165, 1.54) is 40.9 Å². The van der Waals surface area contributed by atoms with Crippen molar-refractivity contribution in [1.29, 1.82) is 0 Å². The van der Waals surface area contributed by atoms with Gasteiger partial charge in [-0.1, -0.05) is 0 Å². The maximum Gasteiger partial charge on any atom is 0.263 e. The van der Waals surface area contributed by atoms with E-state index < -0.39 is 32.4 Å². The Morgan fingerprint density at radius 2 is 1.79 bits per heavy atom. The van der Waals surface area contributed by atoms with Crippen molar-refractivity contribution < 1.29 is 17.6 Å². The van der Waals surface area contributed by atoms with E-state index in [9.17, 15) is 22.4 Å². The van der Waals surface area contributed by atoms with E-state index in [1.807, 2.05) is 0 Å². The molecule has 1 aliphatic rings. The van der Waals surface area contributed by atoms with Gasteiger partial charge < -0.3 is 9.47 Å². The summed E-state index contributed by atoms with van der Waals surface area (Å²) in [6.45, 7) is 0.0210. The summed E-state index contributed by atoms with van der Waals surface area (Å²) >= 11 is 0. The first-order valence-corrected chi connectivity index (χ1v) is 8.79. The molecule has 126 valence electrons. The lowest BCUT2D eigenvalue weighted by Crippen LogP contribution is -2.57. The molecular weight excluding hydrogens is 335 g/mol. The molecule has 0 bridgehead atoms. The molecule has 1 saturated heterocycles. The minimum absolute atomic E-state index is 0.0105. The molecule has 0 N–H and O–H groups in total. The Kier molecular flexibility index (Phi) is 4.00. The van der Waals surface area contributed by atoms with Crippen LogP contribution < -0.4 is 5.56 Å². The Morgan fingerprint density at radius 1 is 1.17 bits per heavy atom. The second-order valence-electron chi connectivity index (χ2n) is 5.67. The van der Waals surface area contributed by atoms with Gasteiger partial charge in [-0.05, 0) is 36.4 Å². The minimum Gasteiger partial charge on any atom is -0.336 e. The van der Waals surface area contributed by atoms with Crippen LogP contribution >= 0.6 is 0 Å². The van der Waals surface area contributed by atoms with Crippen LogP contribution in [0.1, 0.15) is 10.4 Å². The SMILES string of the molecule is Cn1cccc(C(=O)N2CC(S(=O)(=O)c3ccc(F)cc3)C2)c1=O. The van der Waals surface area contributed by atoms with Crippen molar-refractivity contribution >= 4 is 15.7 Å². The van der Waals surface area contributed by atoms with Crippen LogP contribution in [0.15, 0.2) is 52.3 Å². The number of carbonyl (C=O) groups is 1. The number of nitrogens with zero attached hydrogens (tertiary/aromatic N) is 2. The fraction of sp³-hybridized carbons (Fsp3) is 0.250. The van der Waals surface area contributed by atoms with Crippen LogP contribution in [0, 0.1) is 5.82 Å². The lowest BCUT2D eigenvalue weighted by atomic mass is 10.1. The largest absolute Gasteiger partial charge is 0.336 e. The van der Waals surface area contributed by atoms with Crippen molar-refractivity contribution in [2.45, 2.75) is 10.1 Å². The van der Waals surface area contributed by atoms with Gasteiger partial charge in [0.25, 0.3) is 11.5 Å². The molecule has 1 fully saturated rings. The highest BCUT2D eigenvalue weighted by Crippen LogP contribution is 2.24. The van der Waals surface area contributed by atoms with Crippen molar-refractivity contribution in [2.75, 3.05) is 13.1 Å². The second-order valence-corrected chi connectivity index (χ2v) is 7.90. The molecule has 0 unspecified atom stereocenters. The summed E-state index contributed by atoms with van der Waals surface area (Å²) in [5, 5.41) is -0.750. The Labute approximate surface area is 138 Å². The van der Waals surface area contributed by atoms with Gasteiger partial charge in [-0.15, -0.1) is 0 Å². The van der Waals surface area contributed by atoms with Crippen LogP contribution in [0.25, 0.3) is 0 Å². The van der Waals surface area contributed by atoms with Gasteiger partial charge in [0.1, 0.15) is 16.6 Å². The molecular formula is C16H15FN2O4S. The van der Waals surface area contributed by atoms with Gasteiger partial charge in [-0.2, -0.15) is 0 Å². The highest BCUT2D eigenvalue weighted by molar-refractivity contribution is 7.92. The summed E-state index contributed by atoms with van der Waals surface area (Å²) in [5.41, 5.74) is -0.412. The van der Waals surface area contributed by atoms with Gasteiger partial charge in [0.05, 0.1) is 4.90 Å². The summed E-state index contributed by atoms with van der Waals surface area (Å²) in [6.07, 6.45) is 1.54. The molecule has 24 heavy (non-hydrogen) atoms. The Morgan fingerprint density at radius 3 is 2.42 bits per heavy atom. The normalized spacial score (nSPS) is 15.2. The average molecular weight is 350 g/mol. The highest BCUT2D eigenvalue weighted by atomic mass is 32.2. The van der Waals surface area contributed by atoms with Crippen LogP contribution in [0.5, 0.6) is 0 Å². The van der Waals surface area contributed by atoms with Gasteiger partial charge in [0.2, 0.25) is 0 Å². The molecule has 0 aliphatic carbocycles. The zero-order valence-corrected chi connectivity index (χ0v) is 13.7. The summed E-state index contributed by atoms with van der Waals surface area (Å²) in [5.74, 6) is -0.999. The van der Waals surface area contributed by atoms with Gasteiger partial charge in [0, 0.05) is 26.3 Å². The van der Waals surface area contributed by atoms with Crippen molar-refractivity contribution in [3.63, 3.8) is 0 Å². The lowest BCUT2D eigenvalue weighted by Gasteiger charge is -2.38. The van der Waals surface area contributed by atoms with Crippen LogP contribution in [0.2, 0.25) is 0 Å². The van der Waals surface area contributed by atoms with Gasteiger partial charge in [-0.25, -0.2) is 12.8 Å².